The van der Waals surface area contributed by atoms with E-state index < -0.39 is 0 Å². The number of fused-ring (bicyclic) bond motifs is 3. The average molecular weight is 431 g/mol. The van der Waals surface area contributed by atoms with Gasteiger partial charge in [0.15, 0.2) is 0 Å². The van der Waals surface area contributed by atoms with E-state index in [0.29, 0.717) is 11.8 Å². The minimum Gasteiger partial charge on any atom is -0.0754 e. The fourth-order valence-electron chi connectivity index (χ4n) is 6.45. The summed E-state index contributed by atoms with van der Waals surface area (Å²) in [6.45, 7) is 9.30. The van der Waals surface area contributed by atoms with Gasteiger partial charge in [-0.15, -0.1) is 0 Å². The van der Waals surface area contributed by atoms with Crippen LogP contribution in [0.5, 0.6) is 0 Å². The number of hydrogen-bond acceptors (Lipinski definition) is 0. The van der Waals surface area contributed by atoms with Crippen LogP contribution >= 0.6 is 0 Å². The van der Waals surface area contributed by atoms with Crippen molar-refractivity contribution >= 4 is 5.57 Å². The third-order valence-corrected chi connectivity index (χ3v) is 8.53. The Balaban J connectivity index is 1.49. The van der Waals surface area contributed by atoms with E-state index in [4.69, 9.17) is 0 Å². The first kappa shape index (κ1) is 20.7. The lowest BCUT2D eigenvalue weighted by atomic mass is 9.70. The first-order valence-electron chi connectivity index (χ1n) is 12.7. The number of allylic oxidation sites excluding steroid dienone is 4. The monoisotopic (exact) mass is 430 g/mol. The van der Waals surface area contributed by atoms with Gasteiger partial charge in [0, 0.05) is 11.3 Å². The first-order valence-corrected chi connectivity index (χ1v) is 12.7. The molecule has 0 spiro atoms. The van der Waals surface area contributed by atoms with Crippen LogP contribution in [0.1, 0.15) is 84.7 Å². The second-order valence-corrected chi connectivity index (χ2v) is 11.0. The van der Waals surface area contributed by atoms with Crippen LogP contribution in [0.15, 0.2) is 78.4 Å². The standard InChI is InChI=1S/C33H34/c1-21-15-17-27-28-18-16-24(20-31(28)33(3,4)30(27)19-21)26-13-8-14-29(32(26)23-10-7-11-23)25-12-6-5-9-22(25)2/h5-6,8-9,12-15,17-20,23-24H,7,10-11,16H2,1-4H3. The molecule has 1 saturated carbocycles. The number of benzene rings is 3. The van der Waals surface area contributed by atoms with Crippen molar-refractivity contribution in [3.63, 3.8) is 0 Å². The van der Waals surface area contributed by atoms with Crippen molar-refractivity contribution in [1.82, 2.24) is 0 Å². The Morgan fingerprint density at radius 1 is 0.818 bits per heavy atom. The van der Waals surface area contributed by atoms with Gasteiger partial charge in [-0.3, -0.25) is 0 Å². The summed E-state index contributed by atoms with van der Waals surface area (Å²) >= 11 is 0. The van der Waals surface area contributed by atoms with Crippen LogP contribution in [-0.4, -0.2) is 0 Å². The van der Waals surface area contributed by atoms with E-state index in [9.17, 15) is 0 Å². The van der Waals surface area contributed by atoms with Crippen molar-refractivity contribution in [2.45, 2.75) is 70.6 Å². The topological polar surface area (TPSA) is 0 Å². The van der Waals surface area contributed by atoms with Crippen LogP contribution in [0, 0.1) is 13.8 Å². The van der Waals surface area contributed by atoms with Gasteiger partial charge in [-0.05, 0) is 89.1 Å². The summed E-state index contributed by atoms with van der Waals surface area (Å²) in [6.07, 6.45) is 10.3. The molecule has 0 aromatic heterocycles. The molecule has 3 aromatic carbocycles. The summed E-state index contributed by atoms with van der Waals surface area (Å²) < 4.78 is 0. The van der Waals surface area contributed by atoms with Crippen LogP contribution in [-0.2, 0) is 5.41 Å². The van der Waals surface area contributed by atoms with Gasteiger partial charge in [0.2, 0.25) is 0 Å². The largest absolute Gasteiger partial charge is 0.0754 e. The summed E-state index contributed by atoms with van der Waals surface area (Å²) in [7, 11) is 0. The highest BCUT2D eigenvalue weighted by molar-refractivity contribution is 5.91. The van der Waals surface area contributed by atoms with Crippen LogP contribution in [0.2, 0.25) is 0 Å². The van der Waals surface area contributed by atoms with E-state index in [1.54, 1.807) is 11.1 Å². The Labute approximate surface area is 199 Å². The summed E-state index contributed by atoms with van der Waals surface area (Å²) in [5, 5.41) is 0. The van der Waals surface area contributed by atoms with E-state index in [0.717, 1.165) is 6.42 Å². The maximum Gasteiger partial charge on any atom is 0.0155 e. The van der Waals surface area contributed by atoms with E-state index in [1.807, 2.05) is 0 Å². The second kappa shape index (κ2) is 7.59. The zero-order chi connectivity index (χ0) is 22.7. The van der Waals surface area contributed by atoms with Crippen molar-refractivity contribution in [2.24, 2.45) is 0 Å². The van der Waals surface area contributed by atoms with Crippen molar-refractivity contribution in [3.8, 4) is 11.1 Å². The molecular weight excluding hydrogens is 396 g/mol. The lowest BCUT2D eigenvalue weighted by Crippen LogP contribution is -2.19. The van der Waals surface area contributed by atoms with E-state index in [1.165, 1.54) is 63.8 Å². The lowest BCUT2D eigenvalue weighted by molar-refractivity contribution is 0.417. The third kappa shape index (κ3) is 3.18. The highest BCUT2D eigenvalue weighted by atomic mass is 14.4. The Morgan fingerprint density at radius 3 is 2.36 bits per heavy atom. The second-order valence-electron chi connectivity index (χ2n) is 11.0. The zero-order valence-electron chi connectivity index (χ0n) is 20.4. The summed E-state index contributed by atoms with van der Waals surface area (Å²) in [5.74, 6) is 1.16. The van der Waals surface area contributed by atoms with Crippen LogP contribution < -0.4 is 0 Å². The van der Waals surface area contributed by atoms with Gasteiger partial charge >= 0.3 is 0 Å². The normalized spacial score (nSPS) is 21.0. The Morgan fingerprint density at radius 2 is 1.61 bits per heavy atom. The Bertz CT molecular complexity index is 1310. The maximum absolute atomic E-state index is 2.63. The molecule has 1 fully saturated rings. The minimum atomic E-state index is 0.0656. The molecule has 0 radical (unpaired) electrons. The highest BCUT2D eigenvalue weighted by Crippen LogP contribution is 2.54. The molecule has 0 amide bonds. The summed E-state index contributed by atoms with van der Waals surface area (Å²) in [6, 6.07) is 23.0. The van der Waals surface area contributed by atoms with Crippen LogP contribution in [0.4, 0.5) is 0 Å². The first-order chi connectivity index (χ1) is 15.9. The molecule has 0 bridgehead atoms. The Kier molecular flexibility index (Phi) is 4.77. The molecule has 0 N–H and O–H groups in total. The number of rotatable bonds is 3. The number of aryl methyl sites for hydroxylation is 2. The molecule has 1 unspecified atom stereocenters. The molecule has 0 heterocycles. The van der Waals surface area contributed by atoms with Crippen LogP contribution in [0.25, 0.3) is 16.7 Å². The average Bonchev–Trinajstić information content (AvgIpc) is 2.99. The Hall–Kier alpha value is -2.86. The highest BCUT2D eigenvalue weighted by Gasteiger charge is 2.40. The molecule has 0 aliphatic heterocycles. The predicted octanol–water partition coefficient (Wildman–Crippen LogP) is 9.03. The predicted molar refractivity (Wildman–Crippen MR) is 141 cm³/mol. The summed E-state index contributed by atoms with van der Waals surface area (Å²) in [5.41, 5.74) is 14.8. The molecule has 0 saturated heterocycles. The smallest absolute Gasteiger partial charge is 0.0155 e. The molecule has 1 atom stereocenters. The van der Waals surface area contributed by atoms with E-state index >= 15 is 0 Å². The van der Waals surface area contributed by atoms with Gasteiger partial charge < -0.3 is 0 Å². The minimum absolute atomic E-state index is 0.0656. The van der Waals surface area contributed by atoms with Crippen molar-refractivity contribution < 1.29 is 0 Å². The van der Waals surface area contributed by atoms with Crippen molar-refractivity contribution in [2.75, 3.05) is 0 Å². The SMILES string of the molecule is Cc1ccc2c(c1)C(C)(C)C1=CC(c3cccc(-c4ccccc4C)c3C3CCC3)CC=C12. The molecule has 3 aliphatic carbocycles. The van der Waals surface area contributed by atoms with E-state index in [2.05, 4.69) is 101 Å². The maximum atomic E-state index is 2.63. The zero-order valence-corrected chi connectivity index (χ0v) is 20.4. The van der Waals surface area contributed by atoms with Gasteiger partial charge in [-0.1, -0.05) is 98.6 Å². The fourth-order valence-corrected chi connectivity index (χ4v) is 6.45. The molecule has 33 heavy (non-hydrogen) atoms. The van der Waals surface area contributed by atoms with Crippen molar-refractivity contribution in [3.05, 3.63) is 112 Å². The quantitative estimate of drug-likeness (QED) is 0.389. The third-order valence-electron chi connectivity index (χ3n) is 8.53. The van der Waals surface area contributed by atoms with Crippen molar-refractivity contribution in [1.29, 1.82) is 0 Å². The molecule has 166 valence electrons. The lowest BCUT2D eigenvalue weighted by Gasteiger charge is -2.34. The van der Waals surface area contributed by atoms with E-state index in [-0.39, 0.29) is 5.41 Å². The molecular formula is C33H34. The van der Waals surface area contributed by atoms with Gasteiger partial charge in [0.05, 0.1) is 0 Å². The fraction of sp³-hybridized carbons (Fsp3) is 0.333. The number of hydrogen-bond donors (Lipinski definition) is 0. The molecule has 6 rings (SSSR count). The molecule has 3 aromatic rings. The molecule has 0 nitrogen and oxygen atoms in total. The van der Waals surface area contributed by atoms with Gasteiger partial charge in [0.25, 0.3) is 0 Å². The molecule has 0 heteroatoms. The molecule has 3 aliphatic rings. The van der Waals surface area contributed by atoms with Gasteiger partial charge in [0.1, 0.15) is 0 Å². The van der Waals surface area contributed by atoms with Crippen LogP contribution in [0.3, 0.4) is 0 Å². The van der Waals surface area contributed by atoms with Gasteiger partial charge in [-0.2, -0.15) is 0 Å². The van der Waals surface area contributed by atoms with Gasteiger partial charge in [-0.25, -0.2) is 0 Å². The summed E-state index contributed by atoms with van der Waals surface area (Å²) in [4.78, 5) is 0.